The van der Waals surface area contributed by atoms with Crippen molar-refractivity contribution in [1.29, 1.82) is 5.26 Å². The molecule has 2 N–H and O–H groups in total. The predicted molar refractivity (Wildman–Crippen MR) is 153 cm³/mol. The molecule has 0 spiro atoms. The molecule has 4 aromatic rings. The Balaban J connectivity index is 1.34. The van der Waals surface area contributed by atoms with E-state index in [2.05, 4.69) is 21.4 Å². The van der Waals surface area contributed by atoms with Crippen LogP contribution in [0.15, 0.2) is 97.3 Å². The number of rotatable bonds is 8. The summed E-state index contributed by atoms with van der Waals surface area (Å²) in [5.41, 5.74) is 2.66. The Hall–Kier alpha value is -4.70. The molecule has 3 aromatic carbocycles. The summed E-state index contributed by atoms with van der Waals surface area (Å²) >= 11 is 0. The number of amides is 2. The van der Waals surface area contributed by atoms with Gasteiger partial charge in [-0.1, -0.05) is 72.8 Å². The molecule has 0 radical (unpaired) electrons. The zero-order valence-electron chi connectivity index (χ0n) is 22.6. The Morgan fingerprint density at radius 3 is 2.27 bits per heavy atom. The first kappa shape index (κ1) is 26.9. The van der Waals surface area contributed by atoms with Gasteiger partial charge in [0.25, 0.3) is 0 Å². The molecule has 1 unspecified atom stereocenters. The third-order valence-electron chi connectivity index (χ3n) is 7.68. The second kappa shape index (κ2) is 12.0. The highest BCUT2D eigenvalue weighted by Gasteiger charge is 2.37. The van der Waals surface area contributed by atoms with Crippen LogP contribution in [-0.4, -0.2) is 39.8 Å². The van der Waals surface area contributed by atoms with E-state index in [4.69, 9.17) is 5.26 Å². The molecule has 5 rings (SSSR count). The van der Waals surface area contributed by atoms with E-state index in [-0.39, 0.29) is 17.7 Å². The Morgan fingerprint density at radius 2 is 1.70 bits per heavy atom. The summed E-state index contributed by atoms with van der Waals surface area (Å²) in [5.74, 6) is -0.182. The fourth-order valence-corrected chi connectivity index (χ4v) is 5.58. The number of aromatic nitrogens is 2. The van der Waals surface area contributed by atoms with Crippen LogP contribution < -0.4 is 5.32 Å². The van der Waals surface area contributed by atoms with Crippen molar-refractivity contribution in [1.82, 2.24) is 20.2 Å². The third kappa shape index (κ3) is 5.97. The minimum Gasteiger partial charge on any atom is -0.347 e. The first-order valence-electron chi connectivity index (χ1n) is 13.7. The number of likely N-dealkylation sites (tertiary alicyclic amines) is 1. The van der Waals surface area contributed by atoms with Gasteiger partial charge in [0.05, 0.1) is 29.0 Å². The number of benzene rings is 3. The van der Waals surface area contributed by atoms with Gasteiger partial charge in [-0.15, -0.1) is 0 Å². The number of carbonyl (C=O) groups excluding carboxylic acids is 2. The lowest BCUT2D eigenvalue weighted by Gasteiger charge is -2.37. The molecule has 0 saturated carbocycles. The van der Waals surface area contributed by atoms with E-state index in [1.165, 1.54) is 0 Å². The summed E-state index contributed by atoms with van der Waals surface area (Å²) in [6, 6.07) is 29.2. The standard InChI is InChI=1S/C33H33N5O2/c1-33(32-35-18-19-36-32,21-24-14-16-25(22-34)17-15-24)37-30(39)28-13-8-20-38(23-28)31(40)29(26-9-4-2-5-10-26)27-11-6-3-7-12-27/h2-7,9-12,14-19,28-29H,8,13,20-21,23H2,1H3,(H,35,36)(H,37,39)/t28-,33?/m0/s1. The van der Waals surface area contributed by atoms with E-state index in [0.717, 1.165) is 23.1 Å². The number of nitrogens with one attached hydrogen (secondary N) is 2. The van der Waals surface area contributed by atoms with Crippen molar-refractivity contribution in [2.45, 2.75) is 37.6 Å². The first-order valence-corrected chi connectivity index (χ1v) is 13.7. The maximum atomic E-state index is 14.0. The smallest absolute Gasteiger partial charge is 0.234 e. The number of carbonyl (C=O) groups is 2. The number of piperidine rings is 1. The van der Waals surface area contributed by atoms with E-state index in [1.807, 2.05) is 84.6 Å². The number of nitrogens with zero attached hydrogens (tertiary/aromatic N) is 3. The number of imidazole rings is 1. The molecule has 40 heavy (non-hydrogen) atoms. The van der Waals surface area contributed by atoms with Crippen molar-refractivity contribution < 1.29 is 9.59 Å². The minimum absolute atomic E-state index is 0.0151. The molecule has 1 saturated heterocycles. The molecule has 1 aliphatic heterocycles. The summed E-state index contributed by atoms with van der Waals surface area (Å²) < 4.78 is 0. The minimum atomic E-state index is -0.794. The van der Waals surface area contributed by atoms with Gasteiger partial charge in [-0.25, -0.2) is 4.98 Å². The highest BCUT2D eigenvalue weighted by molar-refractivity contribution is 5.88. The molecule has 1 aliphatic rings. The summed E-state index contributed by atoms with van der Waals surface area (Å²) in [5, 5.41) is 12.4. The van der Waals surface area contributed by atoms with Gasteiger partial charge in [0.1, 0.15) is 5.82 Å². The van der Waals surface area contributed by atoms with Crippen LogP contribution in [-0.2, 0) is 21.5 Å². The van der Waals surface area contributed by atoms with Crippen molar-refractivity contribution in [2.75, 3.05) is 13.1 Å². The Bertz CT molecular complexity index is 1420. The summed E-state index contributed by atoms with van der Waals surface area (Å²) in [4.78, 5) is 37.2. The first-order chi connectivity index (χ1) is 19.5. The van der Waals surface area contributed by atoms with Gasteiger partial charge in [-0.05, 0) is 48.6 Å². The molecule has 2 amide bonds. The van der Waals surface area contributed by atoms with Crippen molar-refractivity contribution >= 4 is 11.8 Å². The maximum absolute atomic E-state index is 14.0. The number of aromatic amines is 1. The van der Waals surface area contributed by atoms with Gasteiger partial charge in [-0.2, -0.15) is 5.26 Å². The van der Waals surface area contributed by atoms with Gasteiger partial charge < -0.3 is 15.2 Å². The van der Waals surface area contributed by atoms with Gasteiger partial charge in [0.2, 0.25) is 11.8 Å². The predicted octanol–water partition coefficient (Wildman–Crippen LogP) is 4.93. The van der Waals surface area contributed by atoms with Crippen LogP contribution >= 0.6 is 0 Å². The number of nitriles is 1. The molecular weight excluding hydrogens is 498 g/mol. The molecule has 2 atom stereocenters. The molecule has 202 valence electrons. The van der Waals surface area contributed by atoms with Crippen molar-refractivity contribution in [2.24, 2.45) is 5.92 Å². The average molecular weight is 532 g/mol. The summed E-state index contributed by atoms with van der Waals surface area (Å²) in [6.45, 7) is 2.94. The SMILES string of the molecule is CC(Cc1ccc(C#N)cc1)(NC(=O)[C@H]1CCCN(C(=O)C(c2ccccc2)c2ccccc2)C1)c1ncc[nH]1. The van der Waals surface area contributed by atoms with Crippen LogP contribution in [0, 0.1) is 17.2 Å². The van der Waals surface area contributed by atoms with Crippen molar-refractivity contribution in [3.63, 3.8) is 0 Å². The fraction of sp³-hybridized carbons (Fsp3) is 0.273. The number of H-pyrrole nitrogens is 1. The van der Waals surface area contributed by atoms with Crippen LogP contribution in [0.1, 0.15) is 53.8 Å². The van der Waals surface area contributed by atoms with Crippen LogP contribution in [0.3, 0.4) is 0 Å². The van der Waals surface area contributed by atoms with Crippen molar-refractivity contribution in [3.05, 3.63) is 125 Å². The lowest BCUT2D eigenvalue weighted by atomic mass is 9.87. The van der Waals surface area contributed by atoms with E-state index in [0.29, 0.717) is 37.3 Å². The zero-order chi connectivity index (χ0) is 28.0. The van der Waals surface area contributed by atoms with Crippen LogP contribution in [0.2, 0.25) is 0 Å². The quantitative estimate of drug-likeness (QED) is 0.337. The normalized spacial score (nSPS) is 16.6. The summed E-state index contributed by atoms with van der Waals surface area (Å²) in [7, 11) is 0. The van der Waals surface area contributed by atoms with E-state index in [1.54, 1.807) is 24.5 Å². The molecule has 7 heteroatoms. The number of hydrogen-bond donors (Lipinski definition) is 2. The maximum Gasteiger partial charge on any atom is 0.234 e. The van der Waals surface area contributed by atoms with E-state index < -0.39 is 11.5 Å². The highest BCUT2D eigenvalue weighted by atomic mass is 16.2. The number of hydrogen-bond acceptors (Lipinski definition) is 4. The lowest BCUT2D eigenvalue weighted by Crippen LogP contribution is -2.52. The molecule has 2 heterocycles. The van der Waals surface area contributed by atoms with Gasteiger partial charge >= 0.3 is 0 Å². The van der Waals surface area contributed by atoms with Crippen LogP contribution in [0.25, 0.3) is 0 Å². The molecular formula is C33H33N5O2. The average Bonchev–Trinajstić information content (AvgIpc) is 3.55. The zero-order valence-corrected chi connectivity index (χ0v) is 22.6. The van der Waals surface area contributed by atoms with Crippen molar-refractivity contribution in [3.8, 4) is 6.07 Å². The van der Waals surface area contributed by atoms with Gasteiger partial charge in [0.15, 0.2) is 0 Å². The van der Waals surface area contributed by atoms with Crippen LogP contribution in [0.4, 0.5) is 0 Å². The second-order valence-electron chi connectivity index (χ2n) is 10.6. The lowest BCUT2D eigenvalue weighted by molar-refractivity contribution is -0.136. The van der Waals surface area contributed by atoms with E-state index >= 15 is 0 Å². The Morgan fingerprint density at radius 1 is 1.05 bits per heavy atom. The third-order valence-corrected chi connectivity index (χ3v) is 7.68. The highest BCUT2D eigenvalue weighted by Crippen LogP contribution is 2.30. The van der Waals surface area contributed by atoms with Gasteiger partial charge in [0, 0.05) is 31.9 Å². The monoisotopic (exact) mass is 531 g/mol. The van der Waals surface area contributed by atoms with E-state index in [9.17, 15) is 9.59 Å². The largest absolute Gasteiger partial charge is 0.347 e. The topological polar surface area (TPSA) is 102 Å². The molecule has 0 aliphatic carbocycles. The molecule has 0 bridgehead atoms. The molecule has 7 nitrogen and oxygen atoms in total. The Labute approximate surface area is 234 Å². The molecule has 1 aromatic heterocycles. The molecule has 1 fully saturated rings. The fourth-order valence-electron chi connectivity index (χ4n) is 5.58. The van der Waals surface area contributed by atoms with Crippen LogP contribution in [0.5, 0.6) is 0 Å². The van der Waals surface area contributed by atoms with Gasteiger partial charge in [-0.3, -0.25) is 9.59 Å². The summed E-state index contributed by atoms with van der Waals surface area (Å²) in [6.07, 6.45) is 5.38. The Kier molecular flexibility index (Phi) is 8.07. The second-order valence-corrected chi connectivity index (χ2v) is 10.6.